The molecule has 274 valence electrons. The molecule has 0 aliphatic carbocycles. The van der Waals surface area contributed by atoms with Crippen molar-refractivity contribution in [3.63, 3.8) is 0 Å². The van der Waals surface area contributed by atoms with Gasteiger partial charge < -0.3 is 28.7 Å². The van der Waals surface area contributed by atoms with Crippen molar-refractivity contribution in [2.24, 2.45) is 0 Å². The number of fused-ring (bicyclic) bond motifs is 2. The third kappa shape index (κ3) is 6.72. The van der Waals surface area contributed by atoms with Crippen LogP contribution in [0.2, 0.25) is 0 Å². The molecule has 1 amide bonds. The molecule has 5 aromatic rings. The Kier molecular flexibility index (Phi) is 10.4. The number of rotatable bonds is 12. The van der Waals surface area contributed by atoms with Gasteiger partial charge in [-0.2, -0.15) is 0 Å². The molecule has 12 nitrogen and oxygen atoms in total. The first kappa shape index (κ1) is 36.7. The minimum absolute atomic E-state index is 0.0286. The molecule has 3 heterocycles. The van der Waals surface area contributed by atoms with Crippen LogP contribution in [0.5, 0.6) is 0 Å². The summed E-state index contributed by atoms with van der Waals surface area (Å²) < 4.78 is 29.1. The summed E-state index contributed by atoms with van der Waals surface area (Å²) in [4.78, 5) is 45.3. The van der Waals surface area contributed by atoms with Crippen LogP contribution < -0.4 is 16.6 Å². The van der Waals surface area contributed by atoms with Crippen molar-refractivity contribution >= 4 is 46.8 Å². The van der Waals surface area contributed by atoms with Crippen LogP contribution in [0.1, 0.15) is 63.2 Å². The maximum Gasteiger partial charge on any atom is 0.330 e. The second-order valence-corrected chi connectivity index (χ2v) is 15.3. The smallest absolute Gasteiger partial charge is 0.330 e. The van der Waals surface area contributed by atoms with E-state index in [2.05, 4.69) is 83.6 Å². The van der Waals surface area contributed by atoms with Crippen molar-refractivity contribution in [1.29, 1.82) is 0 Å². The lowest BCUT2D eigenvalue weighted by atomic mass is 9.92. The molecule has 1 aromatic heterocycles. The Balaban J connectivity index is 1.10. The summed E-state index contributed by atoms with van der Waals surface area (Å²) in [6.07, 6.45) is -0.259. The fourth-order valence-corrected chi connectivity index (χ4v) is 9.35. The summed E-state index contributed by atoms with van der Waals surface area (Å²) in [5, 5.41) is 9.16. The molecule has 7 rings (SSSR count). The summed E-state index contributed by atoms with van der Waals surface area (Å²) >= 11 is 0. The first-order chi connectivity index (χ1) is 25.6. The molecule has 2 unspecified atom stereocenters. The molecule has 2 N–H and O–H groups in total. The van der Waals surface area contributed by atoms with Gasteiger partial charge in [-0.05, 0) is 72.5 Å². The van der Waals surface area contributed by atoms with Crippen LogP contribution in [0.25, 0.3) is 37.2 Å². The second-order valence-electron chi connectivity index (χ2n) is 13.9. The fourth-order valence-electron chi connectivity index (χ4n) is 7.55. The van der Waals surface area contributed by atoms with Crippen molar-refractivity contribution in [2.45, 2.75) is 77.2 Å². The van der Waals surface area contributed by atoms with Gasteiger partial charge in [-0.15, -0.1) is 0 Å². The van der Waals surface area contributed by atoms with Gasteiger partial charge >= 0.3 is 5.69 Å². The first-order valence-electron chi connectivity index (χ1n) is 17.9. The minimum atomic E-state index is -1.61. The summed E-state index contributed by atoms with van der Waals surface area (Å²) in [5.41, 5.74) is -1.62. The summed E-state index contributed by atoms with van der Waals surface area (Å²) in [5.74, 6) is 5.41. The van der Waals surface area contributed by atoms with E-state index in [9.17, 15) is 14.4 Å². The van der Waals surface area contributed by atoms with Gasteiger partial charge in [-0.1, -0.05) is 67.3 Å². The Morgan fingerprint density at radius 2 is 1.79 bits per heavy atom. The third-order valence-electron chi connectivity index (χ3n) is 10.0. The number of hydrogen-bond acceptors (Lipinski definition) is 8. The van der Waals surface area contributed by atoms with Crippen LogP contribution in [-0.4, -0.2) is 76.3 Å². The van der Waals surface area contributed by atoms with E-state index < -0.39 is 43.8 Å². The number of ether oxygens (including phenoxy) is 2. The molecule has 2 aliphatic rings. The van der Waals surface area contributed by atoms with Gasteiger partial charge in [0.15, 0.2) is 6.23 Å². The number of carbonyl (C=O) groups excluding carboxylic acids is 1. The number of nitrogens with zero attached hydrogens (tertiary/aromatic N) is 3. The Labute approximate surface area is 308 Å². The Morgan fingerprint density at radius 3 is 2.49 bits per heavy atom. The van der Waals surface area contributed by atoms with Crippen LogP contribution in [0.15, 0.2) is 70.4 Å². The number of nitrogens with one attached hydrogen (secondary N) is 2. The highest BCUT2D eigenvalue weighted by Gasteiger charge is 2.63. The fraction of sp³-hybridized carbons (Fsp3) is 0.400. The highest BCUT2D eigenvalue weighted by Crippen LogP contribution is 2.55. The van der Waals surface area contributed by atoms with E-state index in [-0.39, 0.29) is 49.9 Å². The zero-order chi connectivity index (χ0) is 37.4. The maximum absolute atomic E-state index is 13.4. The van der Waals surface area contributed by atoms with E-state index in [1.54, 1.807) is 0 Å². The molecular weight excluding hydrogens is 693 g/mol. The van der Waals surface area contributed by atoms with Crippen LogP contribution in [0, 0.1) is 18.4 Å². The average Bonchev–Trinajstić information content (AvgIpc) is 3.64. The molecule has 2 fully saturated rings. The molecule has 2 saturated heterocycles. The predicted octanol–water partition coefficient (Wildman–Crippen LogP) is 5.96. The van der Waals surface area contributed by atoms with Gasteiger partial charge in [-0.25, -0.2) is 16.0 Å². The van der Waals surface area contributed by atoms with E-state index in [1.165, 1.54) is 10.8 Å². The number of aromatic nitrogens is 2. The number of H-pyrrole nitrogens is 1. The molecule has 13 heteroatoms. The van der Waals surface area contributed by atoms with E-state index in [0.717, 1.165) is 32.3 Å². The zero-order valence-corrected chi connectivity index (χ0v) is 31.2. The maximum atomic E-state index is 13.4. The lowest BCUT2D eigenvalue weighted by Gasteiger charge is -2.38. The van der Waals surface area contributed by atoms with Crippen molar-refractivity contribution in [3.05, 3.63) is 104 Å². The quantitative estimate of drug-likeness (QED) is 0.0529. The van der Waals surface area contributed by atoms with E-state index in [4.69, 9.17) is 25.1 Å². The Morgan fingerprint density at radius 1 is 1.09 bits per heavy atom. The monoisotopic (exact) mass is 735 g/mol. The van der Waals surface area contributed by atoms with Crippen molar-refractivity contribution in [2.75, 3.05) is 26.3 Å². The molecule has 4 aromatic carbocycles. The standard InChI is InChI=1S/C40H42N5O7P/c1-7-40-23-49-34(35(40)52-53(50-21-20-41-6)45(24(2)3)25(4)5)38(51-40)44-22-29(36(46)43-39(44)48)12-9-19-42-37(47)31-18-16-28-14-13-26-10-8-11-27-15-17-30(31)33(28)32(26)27/h8,10-11,13-18,22,24-25,34-35,38H,7,19-21,23H2,1-5H3,(H,42,47)(H,43,46,48)/t34?,35-,38-,40+,53?/m1/s1. The molecule has 0 radical (unpaired) electrons. The predicted molar refractivity (Wildman–Crippen MR) is 205 cm³/mol. The summed E-state index contributed by atoms with van der Waals surface area (Å²) in [7, 11) is -1.61. The third-order valence-corrected chi connectivity index (χ3v) is 12.1. The van der Waals surface area contributed by atoms with E-state index >= 15 is 0 Å². The van der Waals surface area contributed by atoms with Crippen molar-refractivity contribution < 1.29 is 23.3 Å². The number of benzene rings is 4. The van der Waals surface area contributed by atoms with E-state index in [0.29, 0.717) is 12.0 Å². The zero-order valence-electron chi connectivity index (χ0n) is 30.3. The van der Waals surface area contributed by atoms with Gasteiger partial charge in [0, 0.05) is 23.8 Å². The van der Waals surface area contributed by atoms with Gasteiger partial charge in [0.05, 0.1) is 13.2 Å². The van der Waals surface area contributed by atoms with E-state index in [1.807, 2.05) is 37.3 Å². The van der Waals surface area contributed by atoms with Crippen molar-refractivity contribution in [1.82, 2.24) is 19.5 Å². The Bertz CT molecular complexity index is 2370. The van der Waals surface area contributed by atoms with Gasteiger partial charge in [0.2, 0.25) is 6.54 Å². The molecule has 5 atom stereocenters. The van der Waals surface area contributed by atoms with Crippen LogP contribution in [0.4, 0.5) is 0 Å². The highest BCUT2D eigenvalue weighted by molar-refractivity contribution is 7.44. The molecule has 0 saturated carbocycles. The minimum Gasteiger partial charge on any atom is -0.368 e. The van der Waals surface area contributed by atoms with Crippen LogP contribution in [0.3, 0.4) is 0 Å². The van der Waals surface area contributed by atoms with Gasteiger partial charge in [0.1, 0.15) is 30.0 Å². The first-order valence-corrected chi connectivity index (χ1v) is 19.0. The number of carbonyl (C=O) groups is 1. The van der Waals surface area contributed by atoms with Crippen LogP contribution >= 0.6 is 8.53 Å². The SMILES string of the molecule is [C-]#[N+]CCOP(O[C@@H]1C2OC[C@]1(CC)O[C@H]2n1cc(C#CCNC(=O)c2ccc3ccc4cccc5ccc2c3c45)c(=O)[nH]c1=O)N(C(C)C)C(C)C. The lowest BCUT2D eigenvalue weighted by Crippen LogP contribution is -2.43. The summed E-state index contributed by atoms with van der Waals surface area (Å²) in [6.45, 7) is 18.1. The lowest BCUT2D eigenvalue weighted by molar-refractivity contribution is -0.175. The van der Waals surface area contributed by atoms with Gasteiger partial charge in [0.25, 0.3) is 20.0 Å². The largest absolute Gasteiger partial charge is 0.368 e. The molecule has 53 heavy (non-hydrogen) atoms. The van der Waals surface area contributed by atoms with Crippen LogP contribution in [-0.2, 0) is 18.5 Å². The highest BCUT2D eigenvalue weighted by atomic mass is 31.2. The number of aromatic amines is 1. The molecular formula is C40H42N5O7P. The molecule has 0 spiro atoms. The Hall–Kier alpha value is -4.65. The normalized spacial score (nSPS) is 21.5. The molecule has 2 aliphatic heterocycles. The van der Waals surface area contributed by atoms with Gasteiger partial charge in [-0.3, -0.25) is 19.1 Å². The second kappa shape index (κ2) is 15.0. The number of amides is 1. The van der Waals surface area contributed by atoms with Crippen molar-refractivity contribution in [3.8, 4) is 11.8 Å². The molecule has 2 bridgehead atoms. The average molecular weight is 736 g/mol. The summed E-state index contributed by atoms with van der Waals surface area (Å²) in [6, 6.07) is 18.3. The topological polar surface area (TPSA) is 128 Å². The number of hydrogen-bond donors (Lipinski definition) is 2.